The highest BCUT2D eigenvalue weighted by Crippen LogP contribution is 2.20. The van der Waals surface area contributed by atoms with Gasteiger partial charge in [-0.05, 0) is 43.5 Å². The molecule has 1 aromatic rings. The van der Waals surface area contributed by atoms with Crippen molar-refractivity contribution in [3.8, 4) is 0 Å². The molecule has 1 aliphatic heterocycles. The van der Waals surface area contributed by atoms with E-state index in [-0.39, 0.29) is 12.0 Å². The average Bonchev–Trinajstić information content (AvgIpc) is 2.84. The van der Waals surface area contributed by atoms with Crippen LogP contribution in [0.25, 0.3) is 6.08 Å². The molecule has 0 radical (unpaired) electrons. The van der Waals surface area contributed by atoms with Gasteiger partial charge in [0.05, 0.1) is 6.10 Å². The van der Waals surface area contributed by atoms with E-state index in [9.17, 15) is 9.59 Å². The van der Waals surface area contributed by atoms with Gasteiger partial charge < -0.3 is 15.2 Å². The SMILES string of the molecule is CC1CCC(C(=O)Nc2cc(/C=C/C(=O)O)ccn2)O1. The van der Waals surface area contributed by atoms with Crippen LogP contribution in [0.15, 0.2) is 24.4 Å². The molecule has 1 amide bonds. The fourth-order valence-corrected chi connectivity index (χ4v) is 1.99. The molecule has 0 aliphatic carbocycles. The molecule has 0 bridgehead atoms. The van der Waals surface area contributed by atoms with Crippen LogP contribution in [-0.2, 0) is 14.3 Å². The minimum atomic E-state index is -1.03. The van der Waals surface area contributed by atoms with Crippen molar-refractivity contribution in [2.45, 2.75) is 32.0 Å². The molecule has 1 saturated heterocycles. The van der Waals surface area contributed by atoms with E-state index in [0.717, 1.165) is 12.5 Å². The molecule has 0 aromatic carbocycles. The number of anilines is 1. The zero-order valence-corrected chi connectivity index (χ0v) is 11.1. The Hall–Kier alpha value is -2.21. The number of hydrogen-bond acceptors (Lipinski definition) is 4. The Labute approximate surface area is 116 Å². The van der Waals surface area contributed by atoms with Crippen LogP contribution in [0.3, 0.4) is 0 Å². The van der Waals surface area contributed by atoms with Gasteiger partial charge in [0.1, 0.15) is 11.9 Å². The van der Waals surface area contributed by atoms with Crippen LogP contribution in [0.5, 0.6) is 0 Å². The zero-order chi connectivity index (χ0) is 14.5. The number of ether oxygens (including phenoxy) is 1. The van der Waals surface area contributed by atoms with Crippen LogP contribution in [0.1, 0.15) is 25.3 Å². The molecule has 2 heterocycles. The average molecular weight is 276 g/mol. The van der Waals surface area contributed by atoms with Crippen LogP contribution in [0, 0.1) is 0 Å². The standard InChI is InChI=1S/C14H16N2O4/c1-9-2-4-11(20-9)14(19)16-12-8-10(6-7-15-12)3-5-13(17)18/h3,5-9,11H,2,4H2,1H3,(H,17,18)(H,15,16,19)/b5-3+. The lowest BCUT2D eigenvalue weighted by molar-refractivity contribution is -0.131. The van der Waals surface area contributed by atoms with E-state index in [2.05, 4.69) is 10.3 Å². The van der Waals surface area contributed by atoms with Gasteiger partial charge in [0, 0.05) is 12.3 Å². The summed E-state index contributed by atoms with van der Waals surface area (Å²) >= 11 is 0. The summed E-state index contributed by atoms with van der Waals surface area (Å²) < 4.78 is 5.47. The van der Waals surface area contributed by atoms with E-state index in [4.69, 9.17) is 9.84 Å². The number of carboxylic acid groups (broad SMARTS) is 1. The minimum absolute atomic E-state index is 0.101. The van der Waals surface area contributed by atoms with E-state index in [1.54, 1.807) is 12.1 Å². The van der Waals surface area contributed by atoms with E-state index < -0.39 is 12.1 Å². The molecule has 1 aliphatic rings. The second kappa shape index (κ2) is 6.29. The molecule has 0 saturated carbocycles. The van der Waals surface area contributed by atoms with E-state index in [1.165, 1.54) is 12.3 Å². The number of carbonyl (C=O) groups is 2. The topological polar surface area (TPSA) is 88.5 Å². The third kappa shape index (κ3) is 3.89. The minimum Gasteiger partial charge on any atom is -0.478 e. The van der Waals surface area contributed by atoms with E-state index in [1.807, 2.05) is 6.92 Å². The van der Waals surface area contributed by atoms with Gasteiger partial charge in [0.2, 0.25) is 0 Å². The maximum absolute atomic E-state index is 11.9. The number of aliphatic carboxylic acids is 1. The first-order chi connectivity index (χ1) is 9.54. The molecule has 106 valence electrons. The normalized spacial score (nSPS) is 22.1. The number of nitrogens with zero attached hydrogens (tertiary/aromatic N) is 1. The lowest BCUT2D eigenvalue weighted by Gasteiger charge is -2.11. The number of amides is 1. The molecule has 1 aromatic heterocycles. The van der Waals surface area contributed by atoms with Crippen molar-refractivity contribution < 1.29 is 19.4 Å². The zero-order valence-electron chi connectivity index (χ0n) is 11.1. The maximum Gasteiger partial charge on any atom is 0.328 e. The largest absolute Gasteiger partial charge is 0.478 e. The van der Waals surface area contributed by atoms with Gasteiger partial charge in [-0.15, -0.1) is 0 Å². The molecule has 2 N–H and O–H groups in total. The first kappa shape index (κ1) is 14.2. The van der Waals surface area contributed by atoms with Crippen LogP contribution in [0.2, 0.25) is 0 Å². The van der Waals surface area contributed by atoms with Gasteiger partial charge in [-0.1, -0.05) is 0 Å². The Bertz CT molecular complexity index is 542. The molecule has 0 spiro atoms. The van der Waals surface area contributed by atoms with Gasteiger partial charge in [-0.3, -0.25) is 4.79 Å². The molecular weight excluding hydrogens is 260 g/mol. The number of aromatic nitrogens is 1. The predicted octanol–water partition coefficient (Wildman–Crippen LogP) is 1.69. The van der Waals surface area contributed by atoms with Crippen LogP contribution in [-0.4, -0.2) is 34.2 Å². The van der Waals surface area contributed by atoms with Crippen molar-refractivity contribution in [2.75, 3.05) is 5.32 Å². The first-order valence-corrected chi connectivity index (χ1v) is 6.38. The Morgan fingerprint density at radius 1 is 1.50 bits per heavy atom. The summed E-state index contributed by atoms with van der Waals surface area (Å²) in [4.78, 5) is 26.4. The Kier molecular flexibility index (Phi) is 4.47. The number of hydrogen-bond donors (Lipinski definition) is 2. The molecule has 1 fully saturated rings. The summed E-state index contributed by atoms with van der Waals surface area (Å²) in [6, 6.07) is 3.26. The Balaban J connectivity index is 2.00. The summed E-state index contributed by atoms with van der Waals surface area (Å²) in [6.45, 7) is 1.93. The summed E-state index contributed by atoms with van der Waals surface area (Å²) in [5, 5.41) is 11.2. The number of pyridine rings is 1. The number of rotatable bonds is 4. The van der Waals surface area contributed by atoms with Crippen LogP contribution < -0.4 is 5.32 Å². The maximum atomic E-state index is 11.9. The van der Waals surface area contributed by atoms with Crippen LogP contribution >= 0.6 is 0 Å². The third-order valence-electron chi connectivity index (χ3n) is 2.98. The summed E-state index contributed by atoms with van der Waals surface area (Å²) in [5.74, 6) is -0.868. The van der Waals surface area contributed by atoms with Gasteiger partial charge >= 0.3 is 5.97 Å². The van der Waals surface area contributed by atoms with Crippen molar-refractivity contribution in [1.29, 1.82) is 0 Å². The second-order valence-corrected chi connectivity index (χ2v) is 4.65. The molecular formula is C14H16N2O4. The highest BCUT2D eigenvalue weighted by molar-refractivity contribution is 5.94. The van der Waals surface area contributed by atoms with E-state index >= 15 is 0 Å². The van der Waals surface area contributed by atoms with Gasteiger partial charge in [-0.25, -0.2) is 9.78 Å². The summed E-state index contributed by atoms with van der Waals surface area (Å²) in [6.07, 6.45) is 5.21. The second-order valence-electron chi connectivity index (χ2n) is 4.65. The molecule has 2 unspecified atom stereocenters. The van der Waals surface area contributed by atoms with Gasteiger partial charge in [-0.2, -0.15) is 0 Å². The Morgan fingerprint density at radius 3 is 2.95 bits per heavy atom. The molecule has 6 nitrogen and oxygen atoms in total. The molecule has 6 heteroatoms. The molecule has 2 rings (SSSR count). The highest BCUT2D eigenvalue weighted by atomic mass is 16.5. The number of carbonyl (C=O) groups excluding carboxylic acids is 1. The lowest BCUT2D eigenvalue weighted by Crippen LogP contribution is -2.28. The quantitative estimate of drug-likeness (QED) is 0.817. The van der Waals surface area contributed by atoms with Crippen molar-refractivity contribution in [3.05, 3.63) is 30.0 Å². The lowest BCUT2D eigenvalue weighted by atomic mass is 10.2. The highest BCUT2D eigenvalue weighted by Gasteiger charge is 2.28. The predicted molar refractivity (Wildman–Crippen MR) is 73.1 cm³/mol. The third-order valence-corrected chi connectivity index (χ3v) is 2.98. The summed E-state index contributed by atoms with van der Waals surface area (Å²) in [5.41, 5.74) is 0.651. The fraction of sp³-hybridized carbons (Fsp3) is 0.357. The first-order valence-electron chi connectivity index (χ1n) is 6.38. The van der Waals surface area contributed by atoms with Gasteiger partial charge in [0.15, 0.2) is 0 Å². The Morgan fingerprint density at radius 2 is 2.30 bits per heavy atom. The van der Waals surface area contributed by atoms with Crippen LogP contribution in [0.4, 0.5) is 5.82 Å². The molecule has 20 heavy (non-hydrogen) atoms. The van der Waals surface area contributed by atoms with Crippen molar-refractivity contribution in [1.82, 2.24) is 4.98 Å². The van der Waals surface area contributed by atoms with Crippen molar-refractivity contribution in [3.63, 3.8) is 0 Å². The number of carboxylic acids is 1. The fourth-order valence-electron chi connectivity index (χ4n) is 1.99. The van der Waals surface area contributed by atoms with Crippen molar-refractivity contribution in [2.24, 2.45) is 0 Å². The number of nitrogens with one attached hydrogen (secondary N) is 1. The molecule has 2 atom stereocenters. The van der Waals surface area contributed by atoms with Crippen molar-refractivity contribution >= 4 is 23.8 Å². The smallest absolute Gasteiger partial charge is 0.328 e. The summed E-state index contributed by atoms with van der Waals surface area (Å²) in [7, 11) is 0. The van der Waals surface area contributed by atoms with E-state index in [0.29, 0.717) is 17.8 Å². The van der Waals surface area contributed by atoms with Gasteiger partial charge in [0.25, 0.3) is 5.91 Å². The monoisotopic (exact) mass is 276 g/mol.